The maximum atomic E-state index is 12.0. The quantitative estimate of drug-likeness (QED) is 0.789. The van der Waals surface area contributed by atoms with Gasteiger partial charge in [0.2, 0.25) is 10.0 Å². The van der Waals surface area contributed by atoms with Crippen LogP contribution in [0.4, 0.5) is 10.5 Å². The predicted octanol–water partition coefficient (Wildman–Crippen LogP) is 2.18. The van der Waals surface area contributed by atoms with Crippen LogP contribution >= 0.6 is 0 Å². The predicted molar refractivity (Wildman–Crippen MR) is 92.9 cm³/mol. The molecule has 0 spiro atoms. The lowest BCUT2D eigenvalue weighted by atomic mass is 10.1. The second-order valence-electron chi connectivity index (χ2n) is 6.37. The zero-order chi connectivity index (χ0) is 18.5. The molecule has 1 aromatic rings. The van der Waals surface area contributed by atoms with Crippen molar-refractivity contribution in [3.63, 3.8) is 0 Å². The summed E-state index contributed by atoms with van der Waals surface area (Å²) in [7, 11) is -3.53. The van der Waals surface area contributed by atoms with Crippen LogP contribution in [0.2, 0.25) is 0 Å². The molecule has 0 aliphatic rings. The molecular formula is C16H24N2O5S. The highest BCUT2D eigenvalue weighted by Gasteiger charge is 2.19. The van der Waals surface area contributed by atoms with Gasteiger partial charge in [-0.15, -0.1) is 0 Å². The number of carbonyl (C=O) groups excluding carboxylic acids is 2. The Kier molecular flexibility index (Phi) is 6.36. The van der Waals surface area contributed by atoms with Gasteiger partial charge in [-0.3, -0.25) is 9.10 Å². The Labute approximate surface area is 143 Å². The molecule has 0 radical (unpaired) electrons. The molecule has 0 unspecified atom stereocenters. The van der Waals surface area contributed by atoms with Gasteiger partial charge in [0.1, 0.15) is 5.60 Å². The SMILES string of the molecule is CC(=O)c1ccc(N(CCNC(=O)OC(C)(C)C)S(C)(=O)=O)cc1. The lowest BCUT2D eigenvalue weighted by Gasteiger charge is -2.24. The first-order valence-corrected chi connectivity index (χ1v) is 9.30. The molecule has 0 fully saturated rings. The first-order valence-electron chi connectivity index (χ1n) is 7.46. The highest BCUT2D eigenvalue weighted by atomic mass is 32.2. The number of benzene rings is 1. The van der Waals surface area contributed by atoms with Crippen molar-refractivity contribution >= 4 is 27.6 Å². The van der Waals surface area contributed by atoms with E-state index in [0.29, 0.717) is 11.3 Å². The van der Waals surface area contributed by atoms with Crippen LogP contribution in [-0.4, -0.2) is 45.2 Å². The average Bonchev–Trinajstić information content (AvgIpc) is 2.40. The summed E-state index contributed by atoms with van der Waals surface area (Å²) in [4.78, 5) is 22.9. The third-order valence-electron chi connectivity index (χ3n) is 2.95. The second-order valence-corrected chi connectivity index (χ2v) is 8.27. The molecule has 0 aliphatic heterocycles. The monoisotopic (exact) mass is 356 g/mol. The van der Waals surface area contributed by atoms with Crippen molar-refractivity contribution in [2.45, 2.75) is 33.3 Å². The largest absolute Gasteiger partial charge is 0.444 e. The summed E-state index contributed by atoms with van der Waals surface area (Å²) >= 11 is 0. The first-order chi connectivity index (χ1) is 10.9. The normalized spacial score (nSPS) is 11.7. The number of amides is 1. The van der Waals surface area contributed by atoms with Gasteiger partial charge < -0.3 is 10.1 Å². The zero-order valence-electron chi connectivity index (χ0n) is 14.6. The summed E-state index contributed by atoms with van der Waals surface area (Å²) in [6, 6.07) is 6.25. The number of alkyl carbamates (subject to hydrolysis) is 1. The first kappa shape index (κ1) is 20.0. The van der Waals surface area contributed by atoms with Crippen molar-refractivity contribution in [2.75, 3.05) is 23.7 Å². The van der Waals surface area contributed by atoms with Gasteiger partial charge >= 0.3 is 6.09 Å². The molecule has 134 valence electrons. The van der Waals surface area contributed by atoms with Crippen molar-refractivity contribution in [3.8, 4) is 0 Å². The summed E-state index contributed by atoms with van der Waals surface area (Å²) < 4.78 is 30.2. The lowest BCUT2D eigenvalue weighted by molar-refractivity contribution is 0.0529. The van der Waals surface area contributed by atoms with Gasteiger partial charge in [0.25, 0.3) is 0 Å². The number of ketones is 1. The van der Waals surface area contributed by atoms with Crippen molar-refractivity contribution in [2.24, 2.45) is 0 Å². The number of hydrogen-bond acceptors (Lipinski definition) is 5. The molecule has 0 atom stereocenters. The molecule has 1 N–H and O–H groups in total. The Morgan fingerprint density at radius 2 is 1.71 bits per heavy atom. The molecule has 8 heteroatoms. The van der Waals surface area contributed by atoms with E-state index in [-0.39, 0.29) is 18.9 Å². The molecule has 0 saturated heterocycles. The van der Waals surface area contributed by atoms with Gasteiger partial charge in [0, 0.05) is 12.1 Å². The minimum Gasteiger partial charge on any atom is -0.444 e. The number of sulfonamides is 1. The van der Waals surface area contributed by atoms with E-state index in [1.54, 1.807) is 45.0 Å². The highest BCUT2D eigenvalue weighted by molar-refractivity contribution is 7.92. The van der Waals surface area contributed by atoms with Crippen molar-refractivity contribution in [3.05, 3.63) is 29.8 Å². The van der Waals surface area contributed by atoms with Crippen LogP contribution in [-0.2, 0) is 14.8 Å². The summed E-state index contributed by atoms with van der Waals surface area (Å²) in [5.41, 5.74) is 0.302. The van der Waals surface area contributed by atoms with Crippen LogP contribution in [0.25, 0.3) is 0 Å². The molecule has 0 aromatic heterocycles. The highest BCUT2D eigenvalue weighted by Crippen LogP contribution is 2.18. The maximum absolute atomic E-state index is 12.0. The van der Waals surface area contributed by atoms with Crippen molar-refractivity contribution in [1.82, 2.24) is 5.32 Å². The number of nitrogens with one attached hydrogen (secondary N) is 1. The minimum absolute atomic E-state index is 0.0531. The van der Waals surface area contributed by atoms with Crippen LogP contribution in [0, 0.1) is 0 Å². The van der Waals surface area contributed by atoms with Crippen molar-refractivity contribution in [1.29, 1.82) is 0 Å². The fourth-order valence-corrected chi connectivity index (χ4v) is 2.85. The molecule has 1 aromatic carbocycles. The molecule has 1 amide bonds. The van der Waals surface area contributed by atoms with E-state index in [1.807, 2.05) is 0 Å². The Morgan fingerprint density at radius 1 is 1.17 bits per heavy atom. The standard InChI is InChI=1S/C16H24N2O5S/c1-12(19)13-6-8-14(9-7-13)18(24(5,21)22)11-10-17-15(20)23-16(2,3)4/h6-9H,10-11H2,1-5H3,(H,17,20). The number of rotatable bonds is 6. The third-order valence-corrected chi connectivity index (χ3v) is 4.14. The van der Waals surface area contributed by atoms with E-state index >= 15 is 0 Å². The van der Waals surface area contributed by atoms with Gasteiger partial charge in [-0.25, -0.2) is 13.2 Å². The summed E-state index contributed by atoms with van der Waals surface area (Å²) in [6.45, 7) is 6.81. The number of hydrogen-bond donors (Lipinski definition) is 1. The van der Waals surface area contributed by atoms with Gasteiger partial charge in [-0.05, 0) is 52.0 Å². The molecule has 0 bridgehead atoms. The fraction of sp³-hybridized carbons (Fsp3) is 0.500. The van der Waals surface area contributed by atoms with Gasteiger partial charge in [0.15, 0.2) is 5.78 Å². The molecular weight excluding hydrogens is 332 g/mol. The zero-order valence-corrected chi connectivity index (χ0v) is 15.4. The van der Waals surface area contributed by atoms with Gasteiger partial charge in [-0.1, -0.05) is 0 Å². The van der Waals surface area contributed by atoms with E-state index in [4.69, 9.17) is 4.74 Å². The van der Waals surface area contributed by atoms with E-state index in [0.717, 1.165) is 10.6 Å². The number of nitrogens with zero attached hydrogens (tertiary/aromatic N) is 1. The topological polar surface area (TPSA) is 92.8 Å². The fourth-order valence-electron chi connectivity index (χ4n) is 1.92. The molecule has 0 heterocycles. The molecule has 1 rings (SSSR count). The Hall–Kier alpha value is -2.09. The van der Waals surface area contributed by atoms with Crippen LogP contribution in [0.3, 0.4) is 0 Å². The van der Waals surface area contributed by atoms with Crippen molar-refractivity contribution < 1.29 is 22.7 Å². The molecule has 7 nitrogen and oxygen atoms in total. The molecule has 0 aliphatic carbocycles. The molecule has 24 heavy (non-hydrogen) atoms. The van der Waals surface area contributed by atoms with E-state index < -0.39 is 21.7 Å². The van der Waals surface area contributed by atoms with E-state index in [1.165, 1.54) is 6.92 Å². The van der Waals surface area contributed by atoms with Crippen LogP contribution in [0.15, 0.2) is 24.3 Å². The smallest absolute Gasteiger partial charge is 0.407 e. The summed E-state index contributed by atoms with van der Waals surface area (Å²) in [6.07, 6.45) is 0.474. The number of ether oxygens (including phenoxy) is 1. The van der Waals surface area contributed by atoms with Gasteiger partial charge in [0.05, 0.1) is 18.5 Å². The second kappa shape index (κ2) is 7.65. The number of anilines is 1. The molecule has 0 saturated carbocycles. The number of Topliss-reactive ketones (excluding diaryl/α,β-unsaturated/α-hetero) is 1. The van der Waals surface area contributed by atoms with Crippen LogP contribution in [0.5, 0.6) is 0 Å². The van der Waals surface area contributed by atoms with E-state index in [2.05, 4.69) is 5.32 Å². The van der Waals surface area contributed by atoms with Crippen LogP contribution in [0.1, 0.15) is 38.1 Å². The summed E-state index contributed by atoms with van der Waals surface area (Å²) in [5.74, 6) is -0.0981. The Morgan fingerprint density at radius 3 is 2.12 bits per heavy atom. The average molecular weight is 356 g/mol. The summed E-state index contributed by atoms with van der Waals surface area (Å²) in [5, 5.41) is 2.52. The van der Waals surface area contributed by atoms with Gasteiger partial charge in [-0.2, -0.15) is 0 Å². The number of carbonyl (C=O) groups is 2. The lowest BCUT2D eigenvalue weighted by Crippen LogP contribution is -2.40. The maximum Gasteiger partial charge on any atom is 0.407 e. The minimum atomic E-state index is -3.53. The third kappa shape index (κ3) is 6.57. The van der Waals surface area contributed by atoms with E-state index in [9.17, 15) is 18.0 Å². The Balaban J connectivity index is 2.78. The Bertz CT molecular complexity index is 690. The van der Waals surface area contributed by atoms with Crippen LogP contribution < -0.4 is 9.62 Å².